The number of aliphatic hydroxyl groups is 2. The molecule has 0 aliphatic carbocycles. The Balaban J connectivity index is 2.89. The van der Waals surface area contributed by atoms with Gasteiger partial charge in [-0.1, -0.05) is 30.3 Å². The Bertz CT molecular complexity index is 250. The van der Waals surface area contributed by atoms with Crippen LogP contribution in [0, 0.1) is 0 Å². The zero-order chi connectivity index (χ0) is 9.73. The average Bonchev–Trinajstić information content (AvgIpc) is 2.19. The first-order chi connectivity index (χ1) is 6.23. The van der Waals surface area contributed by atoms with Crippen molar-refractivity contribution in [1.29, 1.82) is 0 Å². The summed E-state index contributed by atoms with van der Waals surface area (Å²) in [4.78, 5) is 0. The maximum atomic E-state index is 10.0. The quantitative estimate of drug-likeness (QED) is 0.622. The highest BCUT2D eigenvalue weighted by molar-refractivity contribution is 5.22. The van der Waals surface area contributed by atoms with Gasteiger partial charge in [0.2, 0.25) is 0 Å². The highest BCUT2D eigenvalue weighted by Crippen LogP contribution is 2.22. The van der Waals surface area contributed by atoms with E-state index in [2.05, 4.69) is 0 Å². The van der Waals surface area contributed by atoms with Gasteiger partial charge in [-0.2, -0.15) is 0 Å². The van der Waals surface area contributed by atoms with Crippen LogP contribution in [-0.4, -0.2) is 23.4 Å². The van der Waals surface area contributed by atoms with Gasteiger partial charge in [0.1, 0.15) is 5.60 Å². The summed E-state index contributed by atoms with van der Waals surface area (Å²) in [6.07, 6.45) is 0.271. The number of rotatable bonds is 4. The van der Waals surface area contributed by atoms with Crippen LogP contribution in [-0.2, 0) is 5.60 Å². The third-order valence-corrected chi connectivity index (χ3v) is 2.17. The Hall–Kier alpha value is -0.900. The Labute approximate surface area is 77.8 Å². The topological polar surface area (TPSA) is 66.5 Å². The molecule has 1 aromatic carbocycles. The molecule has 3 nitrogen and oxygen atoms in total. The summed E-state index contributed by atoms with van der Waals surface area (Å²) < 4.78 is 0. The summed E-state index contributed by atoms with van der Waals surface area (Å²) >= 11 is 0. The van der Waals surface area contributed by atoms with E-state index in [4.69, 9.17) is 10.8 Å². The van der Waals surface area contributed by atoms with Crippen molar-refractivity contribution in [3.8, 4) is 0 Å². The molecule has 0 bridgehead atoms. The van der Waals surface area contributed by atoms with Crippen molar-refractivity contribution in [2.45, 2.75) is 12.0 Å². The van der Waals surface area contributed by atoms with Crippen molar-refractivity contribution in [1.82, 2.24) is 0 Å². The van der Waals surface area contributed by atoms with Crippen LogP contribution in [0.5, 0.6) is 0 Å². The molecule has 0 spiro atoms. The van der Waals surface area contributed by atoms with Gasteiger partial charge in [0.25, 0.3) is 0 Å². The van der Waals surface area contributed by atoms with E-state index < -0.39 is 5.60 Å². The van der Waals surface area contributed by atoms with Crippen LogP contribution in [0.1, 0.15) is 12.0 Å². The molecule has 3 heteroatoms. The highest BCUT2D eigenvalue weighted by atomic mass is 16.3. The molecule has 1 atom stereocenters. The zero-order valence-corrected chi connectivity index (χ0v) is 7.48. The fraction of sp³-hybridized carbons (Fsp3) is 0.400. The minimum absolute atomic E-state index is 0.0669. The van der Waals surface area contributed by atoms with E-state index in [1.165, 1.54) is 0 Å². The summed E-state index contributed by atoms with van der Waals surface area (Å²) in [5.74, 6) is 0. The second kappa shape index (κ2) is 4.37. The summed E-state index contributed by atoms with van der Waals surface area (Å²) in [5, 5.41) is 18.8. The predicted molar refractivity (Wildman–Crippen MR) is 51.1 cm³/mol. The summed E-state index contributed by atoms with van der Waals surface area (Å²) in [6.45, 7) is 0.0557. The van der Waals surface area contributed by atoms with Crippen LogP contribution in [0.25, 0.3) is 0 Å². The first-order valence-electron chi connectivity index (χ1n) is 4.32. The molecule has 0 aliphatic heterocycles. The van der Waals surface area contributed by atoms with Crippen LogP contribution < -0.4 is 5.73 Å². The van der Waals surface area contributed by atoms with Gasteiger partial charge >= 0.3 is 0 Å². The van der Waals surface area contributed by atoms with Gasteiger partial charge in [0.15, 0.2) is 0 Å². The normalized spacial score (nSPS) is 15.3. The molecular formula is C10H15NO2. The fourth-order valence-electron chi connectivity index (χ4n) is 1.30. The predicted octanol–water partition coefficient (Wildman–Crippen LogP) is 0.215. The molecular weight excluding hydrogens is 166 g/mol. The van der Waals surface area contributed by atoms with Gasteiger partial charge in [-0.05, 0) is 5.56 Å². The first-order valence-corrected chi connectivity index (χ1v) is 4.32. The van der Waals surface area contributed by atoms with Gasteiger partial charge in [-0.15, -0.1) is 0 Å². The molecule has 1 aromatic rings. The molecule has 1 unspecified atom stereocenters. The third kappa shape index (κ3) is 2.28. The van der Waals surface area contributed by atoms with Gasteiger partial charge in [-0.3, -0.25) is 0 Å². The molecule has 0 radical (unpaired) electrons. The SMILES string of the molecule is NCC(O)(CCO)c1ccccc1. The molecule has 4 N–H and O–H groups in total. The lowest BCUT2D eigenvalue weighted by atomic mass is 9.91. The van der Waals surface area contributed by atoms with E-state index in [9.17, 15) is 5.11 Å². The van der Waals surface area contributed by atoms with E-state index >= 15 is 0 Å². The van der Waals surface area contributed by atoms with E-state index in [1.807, 2.05) is 30.3 Å². The summed E-state index contributed by atoms with van der Waals surface area (Å²) in [6, 6.07) is 9.17. The van der Waals surface area contributed by atoms with Crippen LogP contribution in [0.2, 0.25) is 0 Å². The number of benzene rings is 1. The van der Waals surface area contributed by atoms with Crippen LogP contribution in [0.4, 0.5) is 0 Å². The van der Waals surface area contributed by atoms with Crippen molar-refractivity contribution < 1.29 is 10.2 Å². The fourth-order valence-corrected chi connectivity index (χ4v) is 1.30. The van der Waals surface area contributed by atoms with Crippen LogP contribution in [0.3, 0.4) is 0 Å². The molecule has 0 fully saturated rings. The van der Waals surface area contributed by atoms with Gasteiger partial charge in [-0.25, -0.2) is 0 Å². The molecule has 0 aromatic heterocycles. The molecule has 0 aliphatic rings. The van der Waals surface area contributed by atoms with E-state index in [-0.39, 0.29) is 19.6 Å². The minimum atomic E-state index is -1.09. The van der Waals surface area contributed by atoms with Crippen molar-refractivity contribution in [2.75, 3.05) is 13.2 Å². The van der Waals surface area contributed by atoms with Crippen molar-refractivity contribution in [2.24, 2.45) is 5.73 Å². The summed E-state index contributed by atoms with van der Waals surface area (Å²) in [7, 11) is 0. The first kappa shape index (κ1) is 10.2. The maximum absolute atomic E-state index is 10.0. The second-order valence-electron chi connectivity index (χ2n) is 3.08. The second-order valence-corrected chi connectivity index (χ2v) is 3.08. The lowest BCUT2D eigenvalue weighted by Crippen LogP contribution is -2.35. The molecule has 0 heterocycles. The molecule has 72 valence electrons. The Morgan fingerprint density at radius 1 is 1.23 bits per heavy atom. The van der Waals surface area contributed by atoms with Crippen molar-refractivity contribution >= 4 is 0 Å². The van der Waals surface area contributed by atoms with Crippen molar-refractivity contribution in [3.63, 3.8) is 0 Å². The smallest absolute Gasteiger partial charge is 0.104 e. The van der Waals surface area contributed by atoms with Gasteiger partial charge in [0.05, 0.1) is 0 Å². The van der Waals surface area contributed by atoms with E-state index in [0.29, 0.717) is 0 Å². The average molecular weight is 181 g/mol. The maximum Gasteiger partial charge on any atom is 0.104 e. The van der Waals surface area contributed by atoms with Crippen LogP contribution >= 0.6 is 0 Å². The lowest BCUT2D eigenvalue weighted by molar-refractivity contribution is 0.0200. The molecule has 1 rings (SSSR count). The molecule has 0 amide bonds. The molecule has 0 saturated carbocycles. The Kier molecular flexibility index (Phi) is 3.42. The minimum Gasteiger partial charge on any atom is -0.396 e. The van der Waals surface area contributed by atoms with Gasteiger partial charge in [0, 0.05) is 19.6 Å². The highest BCUT2D eigenvalue weighted by Gasteiger charge is 2.26. The van der Waals surface area contributed by atoms with Gasteiger partial charge < -0.3 is 15.9 Å². The van der Waals surface area contributed by atoms with Crippen molar-refractivity contribution in [3.05, 3.63) is 35.9 Å². The Morgan fingerprint density at radius 2 is 1.85 bits per heavy atom. The lowest BCUT2D eigenvalue weighted by Gasteiger charge is -2.26. The van der Waals surface area contributed by atoms with Crippen LogP contribution in [0.15, 0.2) is 30.3 Å². The summed E-state index contributed by atoms with van der Waals surface area (Å²) in [5.41, 5.74) is 5.13. The largest absolute Gasteiger partial charge is 0.396 e. The number of hydrogen-bond acceptors (Lipinski definition) is 3. The van der Waals surface area contributed by atoms with E-state index in [1.54, 1.807) is 0 Å². The Morgan fingerprint density at radius 3 is 2.31 bits per heavy atom. The van der Waals surface area contributed by atoms with E-state index in [0.717, 1.165) is 5.56 Å². The standard InChI is InChI=1S/C10H15NO2/c11-8-10(13,6-7-12)9-4-2-1-3-5-9/h1-5,12-13H,6-8,11H2. The monoisotopic (exact) mass is 181 g/mol. The zero-order valence-electron chi connectivity index (χ0n) is 7.48. The molecule has 13 heavy (non-hydrogen) atoms. The molecule has 0 saturated heterocycles. The number of nitrogens with two attached hydrogens (primary N) is 1. The number of hydrogen-bond donors (Lipinski definition) is 3. The third-order valence-electron chi connectivity index (χ3n) is 2.17. The number of aliphatic hydroxyl groups excluding tert-OH is 1.